The average molecular weight is 576 g/mol. The molecule has 0 unspecified atom stereocenters. The Labute approximate surface area is 251 Å². The molecule has 1 saturated heterocycles. The number of hydrogen-bond acceptors (Lipinski definition) is 6. The summed E-state index contributed by atoms with van der Waals surface area (Å²) in [5.41, 5.74) is 11.4. The van der Waals surface area contributed by atoms with Crippen LogP contribution in [0.1, 0.15) is 28.9 Å². The summed E-state index contributed by atoms with van der Waals surface area (Å²) in [7, 11) is 0. The van der Waals surface area contributed by atoms with Gasteiger partial charge in [0.05, 0.1) is 19.1 Å². The zero-order valence-electron chi connectivity index (χ0n) is 24.6. The van der Waals surface area contributed by atoms with E-state index in [4.69, 9.17) is 5.11 Å². The van der Waals surface area contributed by atoms with Crippen LogP contribution >= 0.6 is 0 Å². The zero-order valence-corrected chi connectivity index (χ0v) is 24.6. The highest BCUT2D eigenvalue weighted by atomic mass is 16.4. The van der Waals surface area contributed by atoms with Crippen LogP contribution in [0.2, 0.25) is 0 Å². The van der Waals surface area contributed by atoms with Crippen LogP contribution in [0.3, 0.4) is 0 Å². The van der Waals surface area contributed by atoms with Crippen LogP contribution in [0.4, 0.5) is 0 Å². The van der Waals surface area contributed by atoms with Crippen molar-refractivity contribution in [1.82, 2.24) is 24.8 Å². The van der Waals surface area contributed by atoms with Crippen molar-refractivity contribution in [1.29, 1.82) is 0 Å². The van der Waals surface area contributed by atoms with Gasteiger partial charge in [-0.2, -0.15) is 0 Å². The second kappa shape index (κ2) is 12.5. The molecule has 0 aliphatic carbocycles. The molecular formula is C35H37N5O3. The van der Waals surface area contributed by atoms with Crippen LogP contribution in [0.15, 0.2) is 79.0 Å². The zero-order chi connectivity index (χ0) is 29.9. The van der Waals surface area contributed by atoms with Gasteiger partial charge in [0.2, 0.25) is 0 Å². The molecule has 1 atom stereocenters. The summed E-state index contributed by atoms with van der Waals surface area (Å²) in [5, 5.41) is 30.5. The third-order valence-electron chi connectivity index (χ3n) is 8.62. The molecule has 1 fully saturated rings. The van der Waals surface area contributed by atoms with Gasteiger partial charge in [0, 0.05) is 25.8 Å². The van der Waals surface area contributed by atoms with Gasteiger partial charge in [-0.1, -0.05) is 60.7 Å². The quantitative estimate of drug-likeness (QED) is 0.193. The minimum absolute atomic E-state index is 0.136. The number of aliphatic hydroxyl groups excluding tert-OH is 1. The van der Waals surface area contributed by atoms with Crippen molar-refractivity contribution in [3.05, 3.63) is 102 Å². The number of aromatic nitrogens is 3. The number of nitrogens with one attached hydrogen (secondary N) is 1. The predicted octanol–water partition coefficient (Wildman–Crippen LogP) is 5.34. The molecule has 1 aliphatic rings. The van der Waals surface area contributed by atoms with Crippen molar-refractivity contribution >= 4 is 11.6 Å². The lowest BCUT2D eigenvalue weighted by molar-refractivity contribution is -0.141. The van der Waals surface area contributed by atoms with Gasteiger partial charge in [-0.15, -0.1) is 10.2 Å². The van der Waals surface area contributed by atoms with Gasteiger partial charge >= 0.3 is 5.97 Å². The van der Waals surface area contributed by atoms with Crippen molar-refractivity contribution in [2.24, 2.45) is 5.92 Å². The molecule has 3 N–H and O–H groups in total. The summed E-state index contributed by atoms with van der Waals surface area (Å²) >= 11 is 0. The van der Waals surface area contributed by atoms with Crippen molar-refractivity contribution in [2.75, 3.05) is 26.2 Å². The summed E-state index contributed by atoms with van der Waals surface area (Å²) in [6.07, 6.45) is 2.69. The highest BCUT2D eigenvalue weighted by molar-refractivity contribution is 5.84. The van der Waals surface area contributed by atoms with E-state index < -0.39 is 5.97 Å². The van der Waals surface area contributed by atoms with E-state index in [1.165, 1.54) is 38.9 Å². The summed E-state index contributed by atoms with van der Waals surface area (Å²) in [6, 6.07) is 25.8. The maximum absolute atomic E-state index is 11.4. The number of rotatable bonds is 10. The number of aliphatic hydroxyl groups is 1. The number of likely N-dealkylation sites (tertiary alicyclic amines) is 1. The molecule has 8 nitrogen and oxygen atoms in total. The number of nitrogens with zero attached hydrogens (tertiary/aromatic N) is 4. The van der Waals surface area contributed by atoms with E-state index in [1.807, 2.05) is 10.6 Å². The minimum Gasteiger partial charge on any atom is -0.481 e. The van der Waals surface area contributed by atoms with E-state index in [9.17, 15) is 9.90 Å². The van der Waals surface area contributed by atoms with Crippen LogP contribution < -0.4 is 5.32 Å². The summed E-state index contributed by atoms with van der Waals surface area (Å²) in [4.78, 5) is 13.5. The number of fused-ring (bicyclic) bond motifs is 1. The lowest BCUT2D eigenvalue weighted by Crippen LogP contribution is -2.23. The fourth-order valence-electron chi connectivity index (χ4n) is 6.19. The number of carboxylic acids is 1. The number of aliphatic carboxylic acids is 1. The average Bonchev–Trinajstić information content (AvgIpc) is 3.66. The van der Waals surface area contributed by atoms with Crippen LogP contribution in [0.5, 0.6) is 0 Å². The Morgan fingerprint density at radius 3 is 2.23 bits per heavy atom. The predicted molar refractivity (Wildman–Crippen MR) is 169 cm³/mol. The smallest absolute Gasteiger partial charge is 0.307 e. The molecule has 6 rings (SSSR count). The van der Waals surface area contributed by atoms with Crippen molar-refractivity contribution < 1.29 is 15.0 Å². The molecule has 0 bridgehead atoms. The number of pyridine rings is 1. The van der Waals surface area contributed by atoms with E-state index in [-0.39, 0.29) is 12.5 Å². The van der Waals surface area contributed by atoms with Gasteiger partial charge in [-0.25, -0.2) is 0 Å². The summed E-state index contributed by atoms with van der Waals surface area (Å²) < 4.78 is 2.00. The Balaban J connectivity index is 1.26. The molecule has 5 aromatic rings. The minimum atomic E-state index is -0.726. The maximum atomic E-state index is 11.4. The normalized spacial score (nSPS) is 15.4. The van der Waals surface area contributed by atoms with E-state index >= 15 is 0 Å². The lowest BCUT2D eigenvalue weighted by atomic mass is 9.88. The Hall–Kier alpha value is -4.37. The monoisotopic (exact) mass is 575 g/mol. The van der Waals surface area contributed by atoms with Crippen LogP contribution in [-0.2, 0) is 17.9 Å². The van der Waals surface area contributed by atoms with Gasteiger partial charge < -0.3 is 15.5 Å². The Bertz CT molecular complexity index is 1760. The number of hydrogen-bond donors (Lipinski definition) is 3. The largest absolute Gasteiger partial charge is 0.481 e. The van der Waals surface area contributed by atoms with E-state index in [0.29, 0.717) is 26.1 Å². The van der Waals surface area contributed by atoms with E-state index in [1.54, 1.807) is 0 Å². The second-order valence-corrected chi connectivity index (χ2v) is 11.4. The van der Waals surface area contributed by atoms with Gasteiger partial charge in [-0.3, -0.25) is 14.1 Å². The molecule has 3 heterocycles. The summed E-state index contributed by atoms with van der Waals surface area (Å²) in [5.74, 6) is -0.216. The first-order valence-corrected chi connectivity index (χ1v) is 14.8. The van der Waals surface area contributed by atoms with Crippen molar-refractivity contribution in [3.63, 3.8) is 0 Å². The van der Waals surface area contributed by atoms with Gasteiger partial charge in [0.1, 0.15) is 0 Å². The lowest BCUT2D eigenvalue weighted by Gasteiger charge is -2.17. The van der Waals surface area contributed by atoms with Gasteiger partial charge in [-0.05, 0) is 89.0 Å². The first-order valence-electron chi connectivity index (χ1n) is 14.8. The fourth-order valence-corrected chi connectivity index (χ4v) is 6.19. The molecule has 8 heteroatoms. The Kier molecular flexibility index (Phi) is 8.33. The Morgan fingerprint density at radius 2 is 1.58 bits per heavy atom. The van der Waals surface area contributed by atoms with Crippen molar-refractivity contribution in [3.8, 4) is 33.4 Å². The molecule has 220 valence electrons. The molecule has 0 radical (unpaired) electrons. The van der Waals surface area contributed by atoms with Crippen LogP contribution in [0.25, 0.3) is 39.0 Å². The van der Waals surface area contributed by atoms with Crippen LogP contribution in [-0.4, -0.2) is 61.9 Å². The summed E-state index contributed by atoms with van der Waals surface area (Å²) in [6.45, 7) is 7.71. The molecule has 0 spiro atoms. The molecule has 0 amide bonds. The van der Waals surface area contributed by atoms with Gasteiger partial charge in [0.25, 0.3) is 0 Å². The SMILES string of the molecule is Cc1c(-c2ccc(CNCCO)cc2)cccc1-c1cccc(-c2ccn3c(CN4CC[C@@H](C(=O)O)C4)nnc3c2)c1C. The first-order chi connectivity index (χ1) is 20.9. The number of benzene rings is 3. The van der Waals surface area contributed by atoms with Gasteiger partial charge in [0.15, 0.2) is 11.5 Å². The number of carboxylic acid groups (broad SMARTS) is 1. The fraction of sp³-hybridized carbons (Fsp3) is 0.286. The molecular weight excluding hydrogens is 538 g/mol. The standard InChI is InChI=1S/C35H37N5O3/c1-23-29(26-11-9-25(10-12-26)20-36-15-18-41)5-3-7-31(23)32-8-4-6-30(24(32)2)27-14-17-40-33(19-27)37-38-34(40)22-39-16-13-28(21-39)35(42)43/h3-12,14,17,19,28,36,41H,13,15-16,18,20-22H2,1-2H3,(H,42,43)/t28-/m1/s1. The third kappa shape index (κ3) is 5.95. The maximum Gasteiger partial charge on any atom is 0.307 e. The van der Waals surface area contributed by atoms with Crippen LogP contribution in [0, 0.1) is 19.8 Å². The molecule has 43 heavy (non-hydrogen) atoms. The molecule has 2 aromatic heterocycles. The Morgan fingerprint density at radius 1 is 0.907 bits per heavy atom. The highest BCUT2D eigenvalue weighted by Crippen LogP contribution is 2.37. The van der Waals surface area contributed by atoms with E-state index in [0.717, 1.165) is 35.7 Å². The number of carbonyl (C=O) groups is 1. The highest BCUT2D eigenvalue weighted by Gasteiger charge is 2.28. The third-order valence-corrected chi connectivity index (χ3v) is 8.62. The molecule has 3 aromatic carbocycles. The van der Waals surface area contributed by atoms with E-state index in [2.05, 4.69) is 107 Å². The topological polar surface area (TPSA) is 103 Å². The molecule has 1 aliphatic heterocycles. The second-order valence-electron chi connectivity index (χ2n) is 11.4. The molecule has 0 saturated carbocycles. The first kappa shape index (κ1) is 28.7. The van der Waals surface area contributed by atoms with Crippen molar-refractivity contribution in [2.45, 2.75) is 33.4 Å².